The van der Waals surface area contributed by atoms with Crippen molar-refractivity contribution in [1.29, 1.82) is 0 Å². The molecule has 0 aliphatic carbocycles. The first kappa shape index (κ1) is 9.71. The molecule has 0 spiro atoms. The zero-order valence-corrected chi connectivity index (χ0v) is 9.42. The van der Waals surface area contributed by atoms with Crippen molar-refractivity contribution in [3.8, 4) is 0 Å². The van der Waals surface area contributed by atoms with Crippen LogP contribution in [0.5, 0.6) is 0 Å². The predicted octanol–water partition coefficient (Wildman–Crippen LogP) is 1.82. The summed E-state index contributed by atoms with van der Waals surface area (Å²) < 4.78 is 0. The molecule has 2 aliphatic heterocycles. The molecule has 1 atom stereocenters. The lowest BCUT2D eigenvalue weighted by Crippen LogP contribution is -2.29. The van der Waals surface area contributed by atoms with Gasteiger partial charge in [0.1, 0.15) is 0 Å². The molecule has 0 radical (unpaired) electrons. The fraction of sp³-hybridized carbons (Fsp3) is 0.889. The highest BCUT2D eigenvalue weighted by Gasteiger charge is 2.16. The van der Waals surface area contributed by atoms with Crippen molar-refractivity contribution in [2.75, 3.05) is 30.3 Å². The summed E-state index contributed by atoms with van der Waals surface area (Å²) in [6, 6.07) is 0. The second-order valence-corrected chi connectivity index (χ2v) is 5.73. The minimum atomic E-state index is 0.884. The first-order valence-electron chi connectivity index (χ1n) is 4.94. The first-order valence-corrected chi connectivity index (χ1v) is 7.08. The minimum Gasteiger partial charge on any atom is -0.365 e. The van der Waals surface area contributed by atoms with Crippen LogP contribution in [0.4, 0.5) is 0 Å². The summed E-state index contributed by atoms with van der Waals surface area (Å²) >= 11 is 3.96. The summed E-state index contributed by atoms with van der Waals surface area (Å²) in [6.45, 7) is 2.16. The van der Waals surface area contributed by atoms with Crippen LogP contribution in [0.2, 0.25) is 0 Å². The Labute approximate surface area is 88.3 Å². The maximum Gasteiger partial charge on any atom is 0.156 e. The number of rotatable bonds is 2. The van der Waals surface area contributed by atoms with Gasteiger partial charge in [0.15, 0.2) is 5.17 Å². The van der Waals surface area contributed by atoms with E-state index < -0.39 is 0 Å². The van der Waals surface area contributed by atoms with Crippen LogP contribution in [0.15, 0.2) is 4.99 Å². The zero-order chi connectivity index (χ0) is 8.93. The lowest BCUT2D eigenvalue weighted by atomic mass is 10.1. The van der Waals surface area contributed by atoms with Crippen LogP contribution >= 0.6 is 23.5 Å². The Balaban J connectivity index is 1.68. The maximum absolute atomic E-state index is 4.45. The minimum absolute atomic E-state index is 0.884. The van der Waals surface area contributed by atoms with Gasteiger partial charge in [0.2, 0.25) is 0 Å². The van der Waals surface area contributed by atoms with Crippen molar-refractivity contribution in [3.63, 3.8) is 0 Å². The third kappa shape index (κ3) is 3.09. The normalized spacial score (nSPS) is 28.6. The standard InChI is InChI=1S/C9H16N2S2/c1-3-10-9(13-4-1)11-6-8-2-5-12-7-8/h8H,1-7H2,(H,10,11). The molecule has 1 fully saturated rings. The Kier molecular flexibility index (Phi) is 3.85. The van der Waals surface area contributed by atoms with Gasteiger partial charge in [-0.25, -0.2) is 0 Å². The van der Waals surface area contributed by atoms with Crippen LogP contribution in [0, 0.1) is 5.92 Å². The van der Waals surface area contributed by atoms with E-state index in [1.54, 1.807) is 0 Å². The molecule has 13 heavy (non-hydrogen) atoms. The van der Waals surface area contributed by atoms with Gasteiger partial charge in [0.25, 0.3) is 0 Å². The van der Waals surface area contributed by atoms with Crippen LogP contribution in [0.25, 0.3) is 0 Å². The van der Waals surface area contributed by atoms with Crippen LogP contribution in [-0.2, 0) is 0 Å². The summed E-state index contributed by atoms with van der Waals surface area (Å²) in [6.07, 6.45) is 2.63. The number of nitrogens with zero attached hydrogens (tertiary/aromatic N) is 1. The molecule has 2 heterocycles. The van der Waals surface area contributed by atoms with E-state index in [4.69, 9.17) is 0 Å². The maximum atomic E-state index is 4.45. The highest BCUT2D eigenvalue weighted by molar-refractivity contribution is 8.13. The average molecular weight is 216 g/mol. The molecular formula is C9H16N2S2. The van der Waals surface area contributed by atoms with Crippen molar-refractivity contribution < 1.29 is 0 Å². The fourth-order valence-corrected chi connectivity index (χ4v) is 3.66. The van der Waals surface area contributed by atoms with Gasteiger partial charge in [0.05, 0.1) is 0 Å². The van der Waals surface area contributed by atoms with E-state index in [9.17, 15) is 0 Å². The van der Waals surface area contributed by atoms with Crippen LogP contribution < -0.4 is 5.32 Å². The molecule has 74 valence electrons. The van der Waals surface area contributed by atoms with Crippen molar-refractivity contribution in [2.45, 2.75) is 12.8 Å². The van der Waals surface area contributed by atoms with Gasteiger partial charge in [0, 0.05) is 18.8 Å². The number of hydrogen-bond acceptors (Lipinski definition) is 4. The Bertz CT molecular complexity index is 188. The topological polar surface area (TPSA) is 24.4 Å². The third-order valence-corrected chi connectivity index (χ3v) is 4.63. The van der Waals surface area contributed by atoms with Crippen molar-refractivity contribution in [3.05, 3.63) is 0 Å². The largest absolute Gasteiger partial charge is 0.365 e. The third-order valence-electron chi connectivity index (χ3n) is 2.36. The van der Waals surface area contributed by atoms with E-state index in [0.29, 0.717) is 0 Å². The van der Waals surface area contributed by atoms with Gasteiger partial charge in [-0.05, 0) is 30.3 Å². The van der Waals surface area contributed by atoms with Crippen molar-refractivity contribution in [1.82, 2.24) is 5.32 Å². The molecule has 1 N–H and O–H groups in total. The van der Waals surface area contributed by atoms with E-state index in [1.807, 2.05) is 11.8 Å². The quantitative estimate of drug-likeness (QED) is 0.762. The van der Waals surface area contributed by atoms with E-state index >= 15 is 0 Å². The van der Waals surface area contributed by atoms with E-state index in [2.05, 4.69) is 22.1 Å². The van der Waals surface area contributed by atoms with Gasteiger partial charge >= 0.3 is 0 Å². The molecule has 0 bridgehead atoms. The molecule has 0 amide bonds. The van der Waals surface area contributed by atoms with Gasteiger partial charge in [-0.1, -0.05) is 11.8 Å². The number of thioether (sulfide) groups is 2. The lowest BCUT2D eigenvalue weighted by Gasteiger charge is -2.15. The molecule has 1 unspecified atom stereocenters. The van der Waals surface area contributed by atoms with Crippen LogP contribution in [0.3, 0.4) is 0 Å². The highest BCUT2D eigenvalue weighted by Crippen LogP contribution is 2.22. The Morgan fingerprint density at radius 2 is 2.46 bits per heavy atom. The monoisotopic (exact) mass is 216 g/mol. The lowest BCUT2D eigenvalue weighted by molar-refractivity contribution is 0.582. The SMILES string of the molecule is C1CN=C(NCC2CCSC2)SC1. The number of hydrogen-bond donors (Lipinski definition) is 1. The number of nitrogens with one attached hydrogen (secondary N) is 1. The van der Waals surface area contributed by atoms with Gasteiger partial charge in [-0.3, -0.25) is 4.99 Å². The Morgan fingerprint density at radius 1 is 1.46 bits per heavy atom. The molecule has 0 aromatic rings. The second-order valence-electron chi connectivity index (χ2n) is 3.50. The molecule has 2 nitrogen and oxygen atoms in total. The summed E-state index contributed by atoms with van der Waals surface area (Å²) in [5.74, 6) is 4.82. The predicted molar refractivity (Wildman–Crippen MR) is 62.8 cm³/mol. The van der Waals surface area contributed by atoms with Crippen LogP contribution in [-0.4, -0.2) is 35.5 Å². The smallest absolute Gasteiger partial charge is 0.156 e. The summed E-state index contributed by atoms with van der Waals surface area (Å²) in [7, 11) is 0. The van der Waals surface area contributed by atoms with Crippen LogP contribution in [0.1, 0.15) is 12.8 Å². The molecular weight excluding hydrogens is 200 g/mol. The molecule has 0 aromatic heterocycles. The van der Waals surface area contributed by atoms with Crippen molar-refractivity contribution >= 4 is 28.7 Å². The number of amidine groups is 1. The zero-order valence-electron chi connectivity index (χ0n) is 7.79. The summed E-state index contributed by atoms with van der Waals surface area (Å²) in [4.78, 5) is 4.45. The number of aliphatic imine (C=N–C) groups is 1. The fourth-order valence-electron chi connectivity index (χ4n) is 1.54. The van der Waals surface area contributed by atoms with E-state index in [0.717, 1.165) is 19.0 Å². The molecule has 2 rings (SSSR count). The highest BCUT2D eigenvalue weighted by atomic mass is 32.2. The van der Waals surface area contributed by atoms with Gasteiger partial charge in [-0.2, -0.15) is 11.8 Å². The molecule has 4 heteroatoms. The van der Waals surface area contributed by atoms with E-state index in [1.165, 1.54) is 35.3 Å². The Hall–Kier alpha value is 0.170. The van der Waals surface area contributed by atoms with Gasteiger partial charge < -0.3 is 5.32 Å². The summed E-state index contributed by atoms with van der Waals surface area (Å²) in [5, 5.41) is 4.65. The molecule has 1 saturated heterocycles. The summed E-state index contributed by atoms with van der Waals surface area (Å²) in [5.41, 5.74) is 0. The van der Waals surface area contributed by atoms with Crippen molar-refractivity contribution in [2.24, 2.45) is 10.9 Å². The average Bonchev–Trinajstić information content (AvgIpc) is 2.69. The molecule has 0 aromatic carbocycles. The molecule has 2 aliphatic rings. The first-order chi connectivity index (χ1) is 6.45. The Morgan fingerprint density at radius 3 is 3.15 bits per heavy atom. The second kappa shape index (κ2) is 5.15. The molecule has 0 saturated carbocycles. The van der Waals surface area contributed by atoms with E-state index in [-0.39, 0.29) is 0 Å². The van der Waals surface area contributed by atoms with Gasteiger partial charge in [-0.15, -0.1) is 0 Å².